The van der Waals surface area contributed by atoms with Crippen molar-refractivity contribution in [1.82, 2.24) is 14.9 Å². The van der Waals surface area contributed by atoms with Crippen LogP contribution in [0.4, 0.5) is 0 Å². The van der Waals surface area contributed by atoms with Crippen LogP contribution in [0.2, 0.25) is 0 Å². The first-order chi connectivity index (χ1) is 11.9. The minimum absolute atomic E-state index is 0.0738. The standard InChI is InChI=1S/C18H29N3O3S/c1-14(19-2)13-20-18(22)15-9-11-17(12-10-15)25(23,24)21(3)16-7-5-4-6-8-16/h9-12,14,16,19H,4-8,13H2,1-3H3,(H,20,22). The van der Waals surface area contributed by atoms with Crippen molar-refractivity contribution in [3.8, 4) is 0 Å². The second kappa shape index (κ2) is 8.78. The summed E-state index contributed by atoms with van der Waals surface area (Å²) in [5.41, 5.74) is 0.461. The van der Waals surface area contributed by atoms with Gasteiger partial charge in [-0.15, -0.1) is 0 Å². The predicted molar refractivity (Wildman–Crippen MR) is 99.1 cm³/mol. The Labute approximate surface area is 151 Å². The zero-order chi connectivity index (χ0) is 18.4. The Hall–Kier alpha value is -1.44. The quantitative estimate of drug-likeness (QED) is 0.772. The lowest BCUT2D eigenvalue weighted by atomic mass is 9.96. The number of hydrogen-bond acceptors (Lipinski definition) is 4. The van der Waals surface area contributed by atoms with Crippen LogP contribution in [0.5, 0.6) is 0 Å². The average molecular weight is 368 g/mol. The van der Waals surface area contributed by atoms with E-state index in [1.807, 2.05) is 14.0 Å². The molecule has 0 radical (unpaired) electrons. The molecule has 1 amide bonds. The van der Waals surface area contributed by atoms with Crippen LogP contribution in [-0.4, -0.2) is 51.4 Å². The Morgan fingerprint density at radius 2 is 1.80 bits per heavy atom. The molecule has 1 fully saturated rings. The van der Waals surface area contributed by atoms with E-state index in [2.05, 4.69) is 10.6 Å². The molecule has 0 heterocycles. The molecule has 1 saturated carbocycles. The largest absolute Gasteiger partial charge is 0.350 e. The second-order valence-corrected chi connectivity index (χ2v) is 8.73. The van der Waals surface area contributed by atoms with Gasteiger partial charge in [0.25, 0.3) is 5.91 Å². The normalized spacial score (nSPS) is 17.4. The molecule has 6 nitrogen and oxygen atoms in total. The molecule has 0 bridgehead atoms. The minimum atomic E-state index is -3.52. The van der Waals surface area contributed by atoms with E-state index in [9.17, 15) is 13.2 Å². The van der Waals surface area contributed by atoms with Crippen molar-refractivity contribution in [1.29, 1.82) is 0 Å². The number of carbonyl (C=O) groups is 1. The number of hydrogen-bond donors (Lipinski definition) is 2. The number of carbonyl (C=O) groups excluding carboxylic acids is 1. The molecule has 0 spiro atoms. The number of nitrogens with one attached hydrogen (secondary N) is 2. The highest BCUT2D eigenvalue weighted by Gasteiger charge is 2.29. The van der Waals surface area contributed by atoms with Gasteiger partial charge in [-0.05, 0) is 51.1 Å². The molecule has 1 aromatic carbocycles. The van der Waals surface area contributed by atoms with Crippen molar-refractivity contribution in [3.63, 3.8) is 0 Å². The fourth-order valence-electron chi connectivity index (χ4n) is 3.04. The summed E-state index contributed by atoms with van der Waals surface area (Å²) in [4.78, 5) is 12.3. The van der Waals surface area contributed by atoms with Gasteiger partial charge in [0.2, 0.25) is 10.0 Å². The van der Waals surface area contributed by atoms with Gasteiger partial charge in [-0.2, -0.15) is 4.31 Å². The first-order valence-electron chi connectivity index (χ1n) is 8.90. The summed E-state index contributed by atoms with van der Waals surface area (Å²) >= 11 is 0. The SMILES string of the molecule is CNC(C)CNC(=O)c1ccc(S(=O)(=O)N(C)C2CCCCC2)cc1. The Morgan fingerprint density at radius 1 is 1.20 bits per heavy atom. The van der Waals surface area contributed by atoms with E-state index < -0.39 is 10.0 Å². The van der Waals surface area contributed by atoms with Gasteiger partial charge in [0.15, 0.2) is 0 Å². The fraction of sp³-hybridized carbons (Fsp3) is 0.611. The lowest BCUT2D eigenvalue weighted by Gasteiger charge is -2.30. The number of nitrogens with zero attached hydrogens (tertiary/aromatic N) is 1. The smallest absolute Gasteiger partial charge is 0.251 e. The van der Waals surface area contributed by atoms with Gasteiger partial charge >= 0.3 is 0 Å². The van der Waals surface area contributed by atoms with Gasteiger partial charge in [0.1, 0.15) is 0 Å². The molecule has 25 heavy (non-hydrogen) atoms. The molecule has 1 aliphatic rings. The molecule has 1 unspecified atom stereocenters. The third-order valence-electron chi connectivity index (χ3n) is 4.94. The van der Waals surface area contributed by atoms with Gasteiger partial charge < -0.3 is 10.6 Å². The van der Waals surface area contributed by atoms with Gasteiger partial charge in [0.05, 0.1) is 4.90 Å². The maximum absolute atomic E-state index is 12.8. The summed E-state index contributed by atoms with van der Waals surface area (Å²) in [5.74, 6) is -0.202. The number of rotatable bonds is 7. The second-order valence-electron chi connectivity index (χ2n) is 6.74. The van der Waals surface area contributed by atoms with E-state index in [1.54, 1.807) is 19.2 Å². The van der Waals surface area contributed by atoms with Crippen LogP contribution < -0.4 is 10.6 Å². The molecule has 1 aliphatic carbocycles. The van der Waals surface area contributed by atoms with Crippen molar-refractivity contribution in [3.05, 3.63) is 29.8 Å². The van der Waals surface area contributed by atoms with Crippen molar-refractivity contribution >= 4 is 15.9 Å². The predicted octanol–water partition coefficient (Wildman–Crippen LogP) is 1.98. The van der Waals surface area contributed by atoms with Gasteiger partial charge in [0, 0.05) is 31.2 Å². The lowest BCUT2D eigenvalue weighted by molar-refractivity contribution is 0.0950. The summed E-state index contributed by atoms with van der Waals surface area (Å²) in [6, 6.07) is 6.43. The Bertz CT molecular complexity index is 667. The Kier molecular flexibility index (Phi) is 6.98. The minimum Gasteiger partial charge on any atom is -0.350 e. The molecule has 1 aromatic rings. The zero-order valence-electron chi connectivity index (χ0n) is 15.3. The zero-order valence-corrected chi connectivity index (χ0v) is 16.1. The monoisotopic (exact) mass is 367 g/mol. The van der Waals surface area contributed by atoms with Crippen LogP contribution in [0.3, 0.4) is 0 Å². The van der Waals surface area contributed by atoms with E-state index in [1.165, 1.54) is 22.9 Å². The summed E-state index contributed by atoms with van der Waals surface area (Å²) < 4.78 is 27.1. The average Bonchev–Trinajstić information content (AvgIpc) is 2.65. The molecule has 0 saturated heterocycles. The molecule has 140 valence electrons. The lowest BCUT2D eigenvalue weighted by Crippen LogP contribution is -2.38. The molecular weight excluding hydrogens is 338 g/mol. The van der Waals surface area contributed by atoms with Crippen LogP contribution >= 0.6 is 0 Å². The van der Waals surface area contributed by atoms with Crippen LogP contribution in [0.15, 0.2) is 29.2 Å². The first kappa shape index (κ1) is 19.9. The number of sulfonamides is 1. The molecule has 0 aliphatic heterocycles. The van der Waals surface area contributed by atoms with Crippen molar-refractivity contribution in [2.45, 2.75) is 56.0 Å². The van der Waals surface area contributed by atoms with E-state index in [4.69, 9.17) is 0 Å². The molecule has 2 rings (SSSR count). The number of likely N-dealkylation sites (N-methyl/N-ethyl adjacent to an activating group) is 1. The highest BCUT2D eigenvalue weighted by molar-refractivity contribution is 7.89. The third kappa shape index (κ3) is 5.03. The van der Waals surface area contributed by atoms with E-state index in [-0.39, 0.29) is 22.9 Å². The van der Waals surface area contributed by atoms with E-state index in [0.717, 1.165) is 25.7 Å². The molecule has 2 N–H and O–H groups in total. The third-order valence-corrected chi connectivity index (χ3v) is 6.87. The van der Waals surface area contributed by atoms with Crippen LogP contribution in [0, 0.1) is 0 Å². The maximum Gasteiger partial charge on any atom is 0.251 e. The summed E-state index contributed by atoms with van der Waals surface area (Å²) in [6.07, 6.45) is 5.17. The molecule has 7 heteroatoms. The highest BCUT2D eigenvalue weighted by atomic mass is 32.2. The van der Waals surface area contributed by atoms with Crippen molar-refractivity contribution in [2.24, 2.45) is 0 Å². The molecule has 1 atom stereocenters. The summed E-state index contributed by atoms with van der Waals surface area (Å²) in [5, 5.41) is 5.87. The highest BCUT2D eigenvalue weighted by Crippen LogP contribution is 2.26. The van der Waals surface area contributed by atoms with E-state index >= 15 is 0 Å². The topological polar surface area (TPSA) is 78.5 Å². The van der Waals surface area contributed by atoms with Gasteiger partial charge in [-0.3, -0.25) is 4.79 Å². The molecular formula is C18H29N3O3S. The van der Waals surface area contributed by atoms with Crippen molar-refractivity contribution < 1.29 is 13.2 Å². The fourth-order valence-corrected chi connectivity index (χ4v) is 4.45. The van der Waals surface area contributed by atoms with Crippen LogP contribution in [0.1, 0.15) is 49.4 Å². The molecule has 0 aromatic heterocycles. The van der Waals surface area contributed by atoms with Crippen molar-refractivity contribution in [2.75, 3.05) is 20.6 Å². The van der Waals surface area contributed by atoms with Gasteiger partial charge in [-0.25, -0.2) is 8.42 Å². The first-order valence-corrected chi connectivity index (χ1v) is 10.3. The number of benzene rings is 1. The van der Waals surface area contributed by atoms with E-state index in [0.29, 0.717) is 12.1 Å². The summed E-state index contributed by atoms with van der Waals surface area (Å²) in [6.45, 7) is 2.48. The number of amides is 1. The summed E-state index contributed by atoms with van der Waals surface area (Å²) in [7, 11) is -0.0287. The van der Waals surface area contributed by atoms with Crippen LogP contribution in [0.25, 0.3) is 0 Å². The Balaban J connectivity index is 2.06. The maximum atomic E-state index is 12.8. The Morgan fingerprint density at radius 3 is 2.36 bits per heavy atom. The van der Waals surface area contributed by atoms with Gasteiger partial charge in [-0.1, -0.05) is 19.3 Å². The van der Waals surface area contributed by atoms with Crippen LogP contribution in [-0.2, 0) is 10.0 Å².